The van der Waals surface area contributed by atoms with Gasteiger partial charge >= 0.3 is 5.97 Å². The van der Waals surface area contributed by atoms with Gasteiger partial charge < -0.3 is 9.16 Å². The van der Waals surface area contributed by atoms with Crippen molar-refractivity contribution in [3.8, 4) is 0 Å². The van der Waals surface area contributed by atoms with E-state index in [1.807, 2.05) is 66.7 Å². The molecule has 0 bridgehead atoms. The standard InChI is InChI=1S/C25H28O3Si/c1-25(2,3)29(22-15-9-5-10-16-22,23-17-11-6-12-18-23)28-20-24(26)27-19-21-13-7-4-8-14-21/h4-18H,19-20H2,1-3H3. The Labute approximate surface area is 174 Å². The number of carbonyl (C=O) groups excluding carboxylic acids is 1. The lowest BCUT2D eigenvalue weighted by Crippen LogP contribution is -2.67. The quantitative estimate of drug-likeness (QED) is 0.435. The number of ether oxygens (including phenoxy) is 1. The Hall–Kier alpha value is -2.69. The van der Waals surface area contributed by atoms with Gasteiger partial charge in [-0.25, -0.2) is 4.79 Å². The number of rotatable bonds is 7. The third-order valence-electron chi connectivity index (χ3n) is 5.07. The maximum atomic E-state index is 12.5. The summed E-state index contributed by atoms with van der Waals surface area (Å²) in [6.07, 6.45) is 0. The van der Waals surface area contributed by atoms with Gasteiger partial charge in [-0.2, -0.15) is 0 Å². The lowest BCUT2D eigenvalue weighted by molar-refractivity contribution is -0.147. The Bertz CT molecular complexity index is 864. The van der Waals surface area contributed by atoms with E-state index in [1.54, 1.807) is 0 Å². The Morgan fingerprint density at radius 1 is 0.759 bits per heavy atom. The van der Waals surface area contributed by atoms with E-state index in [9.17, 15) is 4.79 Å². The Morgan fingerprint density at radius 3 is 1.66 bits per heavy atom. The van der Waals surface area contributed by atoms with E-state index in [-0.39, 0.29) is 24.2 Å². The van der Waals surface area contributed by atoms with Crippen molar-refractivity contribution in [2.75, 3.05) is 6.61 Å². The number of hydrogen-bond donors (Lipinski definition) is 0. The van der Waals surface area contributed by atoms with Gasteiger partial charge in [0.15, 0.2) is 0 Å². The number of esters is 1. The van der Waals surface area contributed by atoms with Gasteiger partial charge in [-0.05, 0) is 21.0 Å². The molecule has 0 fully saturated rings. The summed E-state index contributed by atoms with van der Waals surface area (Å²) < 4.78 is 12.0. The maximum absolute atomic E-state index is 12.5. The molecule has 0 aliphatic heterocycles. The first-order valence-electron chi connectivity index (χ1n) is 9.88. The summed E-state index contributed by atoms with van der Waals surface area (Å²) >= 11 is 0. The molecule has 0 spiro atoms. The Morgan fingerprint density at radius 2 is 1.21 bits per heavy atom. The largest absolute Gasteiger partial charge is 0.459 e. The van der Waals surface area contributed by atoms with Crippen LogP contribution >= 0.6 is 0 Å². The average Bonchev–Trinajstić information content (AvgIpc) is 2.74. The molecule has 0 aliphatic rings. The minimum Gasteiger partial charge on any atom is -0.459 e. The Kier molecular flexibility index (Phi) is 6.67. The predicted octanol–water partition coefficient (Wildman–Crippen LogP) is 4.31. The van der Waals surface area contributed by atoms with Crippen LogP contribution < -0.4 is 10.4 Å². The highest BCUT2D eigenvalue weighted by Gasteiger charge is 2.50. The van der Waals surface area contributed by atoms with Gasteiger partial charge in [-0.15, -0.1) is 0 Å². The zero-order valence-corrected chi connectivity index (χ0v) is 18.3. The fourth-order valence-electron chi connectivity index (χ4n) is 3.71. The summed E-state index contributed by atoms with van der Waals surface area (Å²) in [5, 5.41) is 2.12. The maximum Gasteiger partial charge on any atom is 0.331 e. The predicted molar refractivity (Wildman–Crippen MR) is 120 cm³/mol. The van der Waals surface area contributed by atoms with E-state index in [4.69, 9.17) is 9.16 Å². The molecule has 29 heavy (non-hydrogen) atoms. The molecule has 0 saturated heterocycles. The van der Waals surface area contributed by atoms with Crippen LogP contribution in [0.4, 0.5) is 0 Å². The van der Waals surface area contributed by atoms with Crippen LogP contribution in [0.25, 0.3) is 0 Å². The smallest absolute Gasteiger partial charge is 0.331 e. The molecule has 0 unspecified atom stereocenters. The van der Waals surface area contributed by atoms with Crippen molar-refractivity contribution < 1.29 is 14.0 Å². The summed E-state index contributed by atoms with van der Waals surface area (Å²) in [5.41, 5.74) is 0.964. The molecule has 3 nitrogen and oxygen atoms in total. The monoisotopic (exact) mass is 404 g/mol. The van der Waals surface area contributed by atoms with Crippen molar-refractivity contribution in [1.82, 2.24) is 0 Å². The average molecular weight is 405 g/mol. The minimum atomic E-state index is -2.72. The number of carbonyl (C=O) groups is 1. The molecule has 0 N–H and O–H groups in total. The summed E-state index contributed by atoms with van der Waals surface area (Å²) in [7, 11) is -2.72. The van der Waals surface area contributed by atoms with Crippen LogP contribution in [0.1, 0.15) is 26.3 Å². The van der Waals surface area contributed by atoms with E-state index >= 15 is 0 Å². The zero-order chi connectivity index (χ0) is 20.7. The third kappa shape index (κ3) is 4.84. The SMILES string of the molecule is CC(C)(C)[Si](OCC(=O)OCc1ccccc1)(c1ccccc1)c1ccccc1. The molecule has 4 heteroatoms. The molecule has 0 radical (unpaired) electrons. The molecule has 0 saturated carbocycles. The van der Waals surface area contributed by atoms with Crippen LogP contribution in [0, 0.1) is 0 Å². The molecule has 0 heterocycles. The van der Waals surface area contributed by atoms with Gasteiger partial charge in [0.2, 0.25) is 0 Å². The lowest BCUT2D eigenvalue weighted by Gasteiger charge is -2.42. The van der Waals surface area contributed by atoms with Crippen molar-refractivity contribution in [1.29, 1.82) is 0 Å². The van der Waals surface area contributed by atoms with Crippen LogP contribution in [-0.2, 0) is 20.6 Å². The van der Waals surface area contributed by atoms with Crippen LogP contribution in [0.5, 0.6) is 0 Å². The lowest BCUT2D eigenvalue weighted by atomic mass is 10.2. The summed E-state index contributed by atoms with van der Waals surface area (Å²) in [4.78, 5) is 12.5. The number of hydrogen-bond acceptors (Lipinski definition) is 3. The highest BCUT2D eigenvalue weighted by Crippen LogP contribution is 2.36. The van der Waals surface area contributed by atoms with Crippen molar-refractivity contribution in [2.45, 2.75) is 32.4 Å². The Balaban J connectivity index is 1.86. The van der Waals surface area contributed by atoms with Gasteiger partial charge in [-0.1, -0.05) is 112 Å². The highest BCUT2D eigenvalue weighted by atomic mass is 28.4. The second kappa shape index (κ2) is 9.20. The zero-order valence-electron chi connectivity index (χ0n) is 17.3. The van der Waals surface area contributed by atoms with Gasteiger partial charge in [0, 0.05) is 0 Å². The van der Waals surface area contributed by atoms with Crippen LogP contribution in [0.15, 0.2) is 91.0 Å². The normalized spacial score (nSPS) is 11.8. The first-order chi connectivity index (χ1) is 13.9. The first kappa shape index (κ1) is 21.0. The molecule has 3 aromatic carbocycles. The van der Waals surface area contributed by atoms with E-state index in [2.05, 4.69) is 45.0 Å². The van der Waals surface area contributed by atoms with Crippen LogP contribution in [0.2, 0.25) is 5.04 Å². The summed E-state index contributed by atoms with van der Waals surface area (Å²) in [6.45, 7) is 6.75. The van der Waals surface area contributed by atoms with Crippen molar-refractivity contribution in [3.63, 3.8) is 0 Å². The molecule has 0 atom stereocenters. The molecule has 3 aromatic rings. The van der Waals surface area contributed by atoms with Gasteiger partial charge in [0.1, 0.15) is 13.2 Å². The van der Waals surface area contributed by atoms with Crippen molar-refractivity contribution in [2.24, 2.45) is 0 Å². The molecule has 0 amide bonds. The fourth-order valence-corrected chi connectivity index (χ4v) is 8.20. The molecule has 3 rings (SSSR count). The topological polar surface area (TPSA) is 35.5 Å². The molecule has 150 valence electrons. The second-order valence-electron chi connectivity index (χ2n) is 8.10. The van der Waals surface area contributed by atoms with Crippen LogP contribution in [-0.4, -0.2) is 20.9 Å². The minimum absolute atomic E-state index is 0.0693. The van der Waals surface area contributed by atoms with Gasteiger partial charge in [-0.3, -0.25) is 0 Å². The van der Waals surface area contributed by atoms with Gasteiger partial charge in [0.05, 0.1) is 0 Å². The van der Waals surface area contributed by atoms with E-state index in [0.29, 0.717) is 0 Å². The van der Waals surface area contributed by atoms with Crippen LogP contribution in [0.3, 0.4) is 0 Å². The molecular formula is C25H28O3Si. The van der Waals surface area contributed by atoms with E-state index < -0.39 is 8.32 Å². The summed E-state index contributed by atoms with van der Waals surface area (Å²) in [6, 6.07) is 30.3. The fraction of sp³-hybridized carbons (Fsp3) is 0.240. The first-order valence-corrected chi connectivity index (χ1v) is 11.8. The van der Waals surface area contributed by atoms with Crippen molar-refractivity contribution >= 4 is 24.7 Å². The molecular weight excluding hydrogens is 376 g/mol. The van der Waals surface area contributed by atoms with E-state index in [0.717, 1.165) is 15.9 Å². The summed E-state index contributed by atoms with van der Waals surface area (Å²) in [5.74, 6) is -0.346. The number of benzene rings is 3. The third-order valence-corrected chi connectivity index (χ3v) is 10.0. The highest BCUT2D eigenvalue weighted by molar-refractivity contribution is 6.99. The molecule has 0 aliphatic carbocycles. The second-order valence-corrected chi connectivity index (χ2v) is 12.4. The van der Waals surface area contributed by atoms with Gasteiger partial charge in [0.25, 0.3) is 8.32 Å². The van der Waals surface area contributed by atoms with E-state index in [1.165, 1.54) is 0 Å². The molecule has 0 aromatic heterocycles. The van der Waals surface area contributed by atoms with Crippen molar-refractivity contribution in [3.05, 3.63) is 96.6 Å².